The summed E-state index contributed by atoms with van der Waals surface area (Å²) in [4.78, 5) is 4.39. The second-order valence-electron chi connectivity index (χ2n) is 3.43. The molecule has 0 N–H and O–H groups in total. The molecule has 1 unspecified atom stereocenters. The molecule has 0 radical (unpaired) electrons. The predicted molar refractivity (Wildman–Crippen MR) is 60.8 cm³/mol. The molecule has 0 amide bonds. The minimum absolute atomic E-state index is 0.131. The molecule has 14 heavy (non-hydrogen) atoms. The summed E-state index contributed by atoms with van der Waals surface area (Å²) in [5, 5.41) is 0. The highest BCUT2D eigenvalue weighted by Crippen LogP contribution is 2.22. The lowest BCUT2D eigenvalue weighted by Crippen LogP contribution is -2.19. The van der Waals surface area contributed by atoms with Crippen molar-refractivity contribution in [2.24, 2.45) is 4.99 Å². The lowest BCUT2D eigenvalue weighted by Gasteiger charge is -2.21. The molecule has 0 saturated heterocycles. The van der Waals surface area contributed by atoms with Crippen molar-refractivity contribution >= 4 is 21.6 Å². The van der Waals surface area contributed by atoms with E-state index in [0.29, 0.717) is 6.61 Å². The summed E-state index contributed by atoms with van der Waals surface area (Å²) in [6.07, 6.45) is 0.131. The number of rotatable bonds is 1. The van der Waals surface area contributed by atoms with Crippen LogP contribution in [0.15, 0.2) is 33.7 Å². The molecule has 0 spiro atoms. The first-order valence-corrected chi connectivity index (χ1v) is 5.42. The first-order valence-electron chi connectivity index (χ1n) is 4.63. The zero-order valence-electron chi connectivity index (χ0n) is 8.03. The van der Waals surface area contributed by atoms with Gasteiger partial charge in [0, 0.05) is 10.2 Å². The van der Waals surface area contributed by atoms with Crippen molar-refractivity contribution in [3.8, 4) is 0 Å². The molecule has 1 aliphatic rings. The van der Waals surface area contributed by atoms with Gasteiger partial charge in [-0.2, -0.15) is 0 Å². The highest BCUT2D eigenvalue weighted by molar-refractivity contribution is 9.10. The van der Waals surface area contributed by atoms with Crippen molar-refractivity contribution in [3.05, 3.63) is 34.3 Å². The van der Waals surface area contributed by atoms with Crippen LogP contribution in [0.1, 0.15) is 18.6 Å². The average molecular weight is 254 g/mol. The Morgan fingerprint density at radius 1 is 1.36 bits per heavy atom. The van der Waals surface area contributed by atoms with Gasteiger partial charge in [0.25, 0.3) is 0 Å². The van der Waals surface area contributed by atoms with Gasteiger partial charge in [0.15, 0.2) is 0 Å². The van der Waals surface area contributed by atoms with E-state index in [1.165, 1.54) is 5.56 Å². The second kappa shape index (κ2) is 4.24. The van der Waals surface area contributed by atoms with Crippen LogP contribution in [0.2, 0.25) is 0 Å². The fourth-order valence-electron chi connectivity index (χ4n) is 1.44. The van der Waals surface area contributed by atoms with Gasteiger partial charge in [0.2, 0.25) is 0 Å². The molecule has 0 aromatic heterocycles. The van der Waals surface area contributed by atoms with Gasteiger partial charge in [-0.05, 0) is 24.6 Å². The molecule has 0 bridgehead atoms. The van der Waals surface area contributed by atoms with Crippen LogP contribution in [0, 0.1) is 0 Å². The van der Waals surface area contributed by atoms with Crippen LogP contribution in [0.5, 0.6) is 0 Å². The van der Waals surface area contributed by atoms with Crippen molar-refractivity contribution in [2.75, 3.05) is 13.2 Å². The Morgan fingerprint density at radius 3 is 2.64 bits per heavy atom. The molecule has 0 aliphatic carbocycles. The lowest BCUT2D eigenvalue weighted by molar-refractivity contribution is 0.0793. The zero-order chi connectivity index (χ0) is 9.97. The summed E-state index contributed by atoms with van der Waals surface area (Å²) < 4.78 is 6.76. The Labute approximate surface area is 92.1 Å². The van der Waals surface area contributed by atoms with Gasteiger partial charge < -0.3 is 4.74 Å². The van der Waals surface area contributed by atoms with Crippen molar-refractivity contribution in [2.45, 2.75) is 13.0 Å². The van der Waals surface area contributed by atoms with E-state index in [4.69, 9.17) is 4.74 Å². The third-order valence-corrected chi connectivity index (χ3v) is 2.79. The first kappa shape index (κ1) is 9.87. The Hall–Kier alpha value is -0.670. The summed E-state index contributed by atoms with van der Waals surface area (Å²) in [5.74, 6) is 0. The third kappa shape index (κ3) is 2.22. The Bertz CT molecular complexity index is 345. The van der Waals surface area contributed by atoms with E-state index in [9.17, 15) is 0 Å². The fraction of sp³-hybridized carbons (Fsp3) is 0.364. The Kier molecular flexibility index (Phi) is 2.99. The highest BCUT2D eigenvalue weighted by atomic mass is 79.9. The molecule has 1 aromatic rings. The quantitative estimate of drug-likeness (QED) is 0.755. The molecule has 1 atom stereocenters. The number of hydrogen-bond acceptors (Lipinski definition) is 2. The van der Waals surface area contributed by atoms with E-state index in [1.54, 1.807) is 0 Å². The summed E-state index contributed by atoms with van der Waals surface area (Å²) >= 11 is 3.41. The number of hydrogen-bond donors (Lipinski definition) is 0. The van der Waals surface area contributed by atoms with Gasteiger partial charge in [-0.3, -0.25) is 4.99 Å². The summed E-state index contributed by atoms with van der Waals surface area (Å²) in [7, 11) is 0. The largest absolute Gasteiger partial charge is 0.366 e. The van der Waals surface area contributed by atoms with E-state index in [-0.39, 0.29) is 6.10 Å². The van der Waals surface area contributed by atoms with Crippen LogP contribution in [0.25, 0.3) is 0 Å². The Balaban J connectivity index is 2.13. The molecule has 1 heterocycles. The maximum Gasteiger partial charge on any atom is 0.102 e. The smallest absolute Gasteiger partial charge is 0.102 e. The van der Waals surface area contributed by atoms with Gasteiger partial charge >= 0.3 is 0 Å². The zero-order valence-corrected chi connectivity index (χ0v) is 9.62. The van der Waals surface area contributed by atoms with E-state index >= 15 is 0 Å². The minimum Gasteiger partial charge on any atom is -0.366 e. The molecule has 0 fully saturated rings. The lowest BCUT2D eigenvalue weighted by atomic mass is 10.1. The van der Waals surface area contributed by atoms with Crippen LogP contribution >= 0.6 is 15.9 Å². The molecule has 1 aromatic carbocycles. The average Bonchev–Trinajstić information content (AvgIpc) is 2.21. The molecule has 2 rings (SSSR count). The van der Waals surface area contributed by atoms with Crippen LogP contribution in [-0.2, 0) is 4.74 Å². The van der Waals surface area contributed by atoms with Crippen molar-refractivity contribution in [1.82, 2.24) is 0 Å². The minimum atomic E-state index is 0.131. The van der Waals surface area contributed by atoms with Crippen molar-refractivity contribution < 1.29 is 4.74 Å². The van der Waals surface area contributed by atoms with Gasteiger partial charge in [-0.25, -0.2) is 0 Å². The number of ether oxygens (including phenoxy) is 1. The number of halogens is 1. The summed E-state index contributed by atoms with van der Waals surface area (Å²) in [6, 6.07) is 8.21. The van der Waals surface area contributed by atoms with Crippen LogP contribution in [-0.4, -0.2) is 18.9 Å². The molecular formula is C11H12BrNO. The summed E-state index contributed by atoms with van der Waals surface area (Å²) in [6.45, 7) is 3.39. The van der Waals surface area contributed by atoms with E-state index in [2.05, 4.69) is 33.1 Å². The monoisotopic (exact) mass is 253 g/mol. The van der Waals surface area contributed by atoms with Gasteiger partial charge in [-0.15, -0.1) is 0 Å². The second-order valence-corrected chi connectivity index (χ2v) is 4.34. The van der Waals surface area contributed by atoms with Gasteiger partial charge in [0.1, 0.15) is 6.10 Å². The maximum atomic E-state index is 5.67. The number of benzene rings is 1. The van der Waals surface area contributed by atoms with E-state index in [1.807, 2.05) is 19.1 Å². The third-order valence-electron chi connectivity index (χ3n) is 2.26. The first-order chi connectivity index (χ1) is 6.75. The Morgan fingerprint density at radius 2 is 2.07 bits per heavy atom. The maximum absolute atomic E-state index is 5.67. The fourth-order valence-corrected chi connectivity index (χ4v) is 1.70. The molecular weight excluding hydrogens is 242 g/mol. The van der Waals surface area contributed by atoms with E-state index < -0.39 is 0 Å². The molecule has 1 aliphatic heterocycles. The summed E-state index contributed by atoms with van der Waals surface area (Å²) in [5.41, 5.74) is 2.28. The molecule has 2 nitrogen and oxygen atoms in total. The highest BCUT2D eigenvalue weighted by Gasteiger charge is 2.15. The molecule has 3 heteroatoms. The number of aliphatic imine (C=N–C) groups is 1. The standard InChI is InChI=1S/C11H12BrNO/c1-8-7-14-11(6-13-8)9-2-4-10(12)5-3-9/h2-5,11H,6-7H2,1H3. The van der Waals surface area contributed by atoms with E-state index in [0.717, 1.165) is 16.7 Å². The van der Waals surface area contributed by atoms with Crippen LogP contribution < -0.4 is 0 Å². The predicted octanol–water partition coefficient (Wildman–Crippen LogP) is 2.98. The van der Waals surface area contributed by atoms with Crippen molar-refractivity contribution in [1.29, 1.82) is 0 Å². The molecule has 74 valence electrons. The van der Waals surface area contributed by atoms with Gasteiger partial charge in [-0.1, -0.05) is 28.1 Å². The van der Waals surface area contributed by atoms with Crippen LogP contribution in [0.3, 0.4) is 0 Å². The van der Waals surface area contributed by atoms with Gasteiger partial charge in [0.05, 0.1) is 13.2 Å². The SMILES string of the molecule is CC1=NCC(c2ccc(Br)cc2)OC1. The molecule has 0 saturated carbocycles. The number of nitrogens with zero attached hydrogens (tertiary/aromatic N) is 1. The van der Waals surface area contributed by atoms with Crippen molar-refractivity contribution in [3.63, 3.8) is 0 Å². The van der Waals surface area contributed by atoms with Crippen LogP contribution in [0.4, 0.5) is 0 Å². The normalized spacial score (nSPS) is 21.9. The topological polar surface area (TPSA) is 21.6 Å².